The van der Waals surface area contributed by atoms with Crippen LogP contribution in [-0.4, -0.2) is 44.9 Å². The summed E-state index contributed by atoms with van der Waals surface area (Å²) < 4.78 is 33.4. The smallest absolute Gasteiger partial charge is 0.264 e. The van der Waals surface area contributed by atoms with Crippen molar-refractivity contribution < 1.29 is 17.9 Å². The molecule has 0 unspecified atom stereocenters. The van der Waals surface area contributed by atoms with Gasteiger partial charge in [-0.3, -0.25) is 4.79 Å². The summed E-state index contributed by atoms with van der Waals surface area (Å²) in [6.07, 6.45) is 3.54. The molecule has 1 amide bonds. The summed E-state index contributed by atoms with van der Waals surface area (Å²) in [6.45, 7) is 5.85. The van der Waals surface area contributed by atoms with Crippen LogP contribution in [0.4, 0.5) is 5.69 Å². The molecule has 0 radical (unpaired) electrons. The number of anilines is 1. The first kappa shape index (κ1) is 21.8. The fourth-order valence-electron chi connectivity index (χ4n) is 4.36. The van der Waals surface area contributed by atoms with Gasteiger partial charge in [0, 0.05) is 25.3 Å². The Balaban J connectivity index is 1.47. The van der Waals surface area contributed by atoms with Gasteiger partial charge < -0.3 is 9.64 Å². The molecule has 1 saturated heterocycles. The standard InChI is InChI=1S/C24H30N2O4S/c1-18(2)21-8-4-5-9-23(21)30-17-24(27)26-15-12-19-16-20(10-11-22(19)26)31(28,29)25-13-6-3-7-14-25/h4-5,8-11,16,18H,3,6-7,12-15,17H2,1-2H3. The number of rotatable bonds is 6. The van der Waals surface area contributed by atoms with Crippen molar-refractivity contribution in [3.8, 4) is 5.75 Å². The van der Waals surface area contributed by atoms with Crippen LogP contribution in [-0.2, 0) is 21.2 Å². The maximum absolute atomic E-state index is 13.0. The van der Waals surface area contributed by atoms with Crippen LogP contribution in [0.3, 0.4) is 0 Å². The maximum atomic E-state index is 13.0. The second-order valence-corrected chi connectivity index (χ2v) is 10.5. The van der Waals surface area contributed by atoms with Crippen LogP contribution in [0.2, 0.25) is 0 Å². The normalized spacial score (nSPS) is 17.1. The van der Waals surface area contributed by atoms with Gasteiger partial charge in [0.2, 0.25) is 10.0 Å². The molecule has 2 heterocycles. The Labute approximate surface area is 184 Å². The number of carbonyl (C=O) groups is 1. The lowest BCUT2D eigenvalue weighted by Crippen LogP contribution is -2.35. The third-order valence-corrected chi connectivity index (χ3v) is 7.99. The Hall–Kier alpha value is -2.38. The number of piperidine rings is 1. The molecule has 31 heavy (non-hydrogen) atoms. The lowest BCUT2D eigenvalue weighted by Gasteiger charge is -2.26. The summed E-state index contributed by atoms with van der Waals surface area (Å²) in [5, 5.41) is 0. The molecule has 0 N–H and O–H groups in total. The molecular weight excluding hydrogens is 412 g/mol. The molecule has 166 valence electrons. The van der Waals surface area contributed by atoms with E-state index in [0.717, 1.165) is 41.8 Å². The molecule has 0 aliphatic carbocycles. The second-order valence-electron chi connectivity index (χ2n) is 8.53. The zero-order valence-corrected chi connectivity index (χ0v) is 19.0. The molecule has 7 heteroatoms. The molecule has 0 saturated carbocycles. The number of ether oxygens (including phenoxy) is 1. The summed E-state index contributed by atoms with van der Waals surface area (Å²) in [5.74, 6) is 0.913. The van der Waals surface area contributed by atoms with Gasteiger partial charge >= 0.3 is 0 Å². The number of carbonyl (C=O) groups excluding carboxylic acids is 1. The number of amides is 1. The van der Waals surface area contributed by atoms with Crippen molar-refractivity contribution in [2.45, 2.75) is 50.3 Å². The molecular formula is C24H30N2O4S. The van der Waals surface area contributed by atoms with Gasteiger partial charge in [0.15, 0.2) is 6.61 Å². The van der Waals surface area contributed by atoms with E-state index in [1.807, 2.05) is 24.3 Å². The van der Waals surface area contributed by atoms with E-state index in [9.17, 15) is 13.2 Å². The Morgan fingerprint density at radius 2 is 1.77 bits per heavy atom. The zero-order valence-electron chi connectivity index (χ0n) is 18.2. The first-order chi connectivity index (χ1) is 14.9. The predicted octanol–water partition coefficient (Wildman–Crippen LogP) is 3.95. The molecule has 2 aliphatic rings. The highest BCUT2D eigenvalue weighted by atomic mass is 32.2. The molecule has 2 aromatic carbocycles. The van der Waals surface area contributed by atoms with Crippen LogP contribution in [0.15, 0.2) is 47.4 Å². The van der Waals surface area contributed by atoms with E-state index in [4.69, 9.17) is 4.74 Å². The number of hydrogen-bond donors (Lipinski definition) is 0. The van der Waals surface area contributed by atoms with E-state index in [0.29, 0.717) is 36.9 Å². The zero-order chi connectivity index (χ0) is 22.0. The highest BCUT2D eigenvalue weighted by molar-refractivity contribution is 7.89. The highest BCUT2D eigenvalue weighted by Gasteiger charge is 2.30. The number of benzene rings is 2. The number of nitrogens with zero attached hydrogens (tertiary/aromatic N) is 2. The van der Waals surface area contributed by atoms with Crippen molar-refractivity contribution in [3.63, 3.8) is 0 Å². The van der Waals surface area contributed by atoms with Gasteiger partial charge in [-0.2, -0.15) is 4.31 Å². The van der Waals surface area contributed by atoms with E-state index in [2.05, 4.69) is 13.8 Å². The summed E-state index contributed by atoms with van der Waals surface area (Å²) in [7, 11) is -3.48. The Morgan fingerprint density at radius 3 is 2.52 bits per heavy atom. The highest BCUT2D eigenvalue weighted by Crippen LogP contribution is 2.32. The van der Waals surface area contributed by atoms with Crippen LogP contribution in [0, 0.1) is 0 Å². The summed E-state index contributed by atoms with van der Waals surface area (Å²) in [5.41, 5.74) is 2.75. The van der Waals surface area contributed by atoms with E-state index < -0.39 is 10.0 Å². The number of sulfonamides is 1. The maximum Gasteiger partial charge on any atom is 0.264 e. The van der Waals surface area contributed by atoms with E-state index >= 15 is 0 Å². The summed E-state index contributed by atoms with van der Waals surface area (Å²) in [6, 6.07) is 12.9. The van der Waals surface area contributed by atoms with Crippen LogP contribution >= 0.6 is 0 Å². The van der Waals surface area contributed by atoms with Gasteiger partial charge in [-0.05, 0) is 60.6 Å². The SMILES string of the molecule is CC(C)c1ccccc1OCC(=O)N1CCc2cc(S(=O)(=O)N3CCCCC3)ccc21. The lowest BCUT2D eigenvalue weighted by atomic mass is 10.0. The van der Waals surface area contributed by atoms with Crippen molar-refractivity contribution in [2.75, 3.05) is 31.1 Å². The fourth-order valence-corrected chi connectivity index (χ4v) is 5.93. The molecule has 2 aliphatic heterocycles. The molecule has 0 spiro atoms. The molecule has 0 atom stereocenters. The fraction of sp³-hybridized carbons (Fsp3) is 0.458. The molecule has 1 fully saturated rings. The van der Waals surface area contributed by atoms with Crippen molar-refractivity contribution in [2.24, 2.45) is 0 Å². The average Bonchev–Trinajstić information content (AvgIpc) is 3.21. The van der Waals surface area contributed by atoms with Crippen LogP contribution in [0.1, 0.15) is 50.2 Å². The predicted molar refractivity (Wildman–Crippen MR) is 121 cm³/mol. The molecule has 4 rings (SSSR count). The molecule has 0 bridgehead atoms. The van der Waals surface area contributed by atoms with Gasteiger partial charge in [0.25, 0.3) is 5.91 Å². The topological polar surface area (TPSA) is 66.9 Å². The second kappa shape index (κ2) is 9.01. The third-order valence-electron chi connectivity index (χ3n) is 6.09. The summed E-state index contributed by atoms with van der Waals surface area (Å²) >= 11 is 0. The quantitative estimate of drug-likeness (QED) is 0.679. The van der Waals surface area contributed by atoms with Gasteiger partial charge in [-0.15, -0.1) is 0 Å². The first-order valence-electron chi connectivity index (χ1n) is 11.0. The Morgan fingerprint density at radius 1 is 1.03 bits per heavy atom. The van der Waals surface area contributed by atoms with Gasteiger partial charge in [-0.1, -0.05) is 38.5 Å². The van der Waals surface area contributed by atoms with Crippen LogP contribution < -0.4 is 9.64 Å². The van der Waals surface area contributed by atoms with E-state index in [-0.39, 0.29) is 12.5 Å². The largest absolute Gasteiger partial charge is 0.483 e. The van der Waals surface area contributed by atoms with Crippen LogP contribution in [0.5, 0.6) is 5.75 Å². The van der Waals surface area contributed by atoms with E-state index in [1.165, 1.54) is 0 Å². The number of hydrogen-bond acceptors (Lipinski definition) is 4. The first-order valence-corrected chi connectivity index (χ1v) is 12.5. The van der Waals surface area contributed by atoms with Gasteiger partial charge in [-0.25, -0.2) is 8.42 Å². The van der Waals surface area contributed by atoms with Gasteiger partial charge in [0.05, 0.1) is 4.90 Å². The molecule has 2 aromatic rings. The van der Waals surface area contributed by atoms with Crippen molar-refractivity contribution in [3.05, 3.63) is 53.6 Å². The number of fused-ring (bicyclic) bond motifs is 1. The minimum atomic E-state index is -3.48. The minimum Gasteiger partial charge on any atom is -0.483 e. The third kappa shape index (κ3) is 4.48. The Bertz CT molecular complexity index is 1060. The average molecular weight is 443 g/mol. The van der Waals surface area contributed by atoms with Crippen molar-refractivity contribution in [1.82, 2.24) is 4.31 Å². The minimum absolute atomic E-state index is 0.0446. The van der Waals surface area contributed by atoms with Crippen molar-refractivity contribution >= 4 is 21.6 Å². The van der Waals surface area contributed by atoms with Gasteiger partial charge in [0.1, 0.15) is 5.75 Å². The summed E-state index contributed by atoms with van der Waals surface area (Å²) in [4.78, 5) is 14.9. The molecule has 6 nitrogen and oxygen atoms in total. The van der Waals surface area contributed by atoms with Crippen LogP contribution in [0.25, 0.3) is 0 Å². The monoisotopic (exact) mass is 442 g/mol. The molecule has 0 aromatic heterocycles. The lowest BCUT2D eigenvalue weighted by molar-refractivity contribution is -0.120. The number of para-hydroxylation sites is 1. The van der Waals surface area contributed by atoms with E-state index in [1.54, 1.807) is 27.4 Å². The van der Waals surface area contributed by atoms with Crippen molar-refractivity contribution in [1.29, 1.82) is 0 Å². The Kier molecular flexibility index (Phi) is 6.34.